The fourth-order valence-electron chi connectivity index (χ4n) is 2.23. The summed E-state index contributed by atoms with van der Waals surface area (Å²) in [5.74, 6) is -1.10. The van der Waals surface area contributed by atoms with Crippen molar-refractivity contribution in [3.05, 3.63) is 59.2 Å². The SMILES string of the molecule is CCOC(=O)N(c1ccc(C(=O)O)cc1)c1ccc(C=O)cc1C=O. The van der Waals surface area contributed by atoms with Gasteiger partial charge in [0, 0.05) is 11.1 Å². The fourth-order valence-corrected chi connectivity index (χ4v) is 2.23. The Bertz CT molecular complexity index is 813. The molecule has 0 spiro atoms. The third-order valence-electron chi connectivity index (χ3n) is 3.38. The lowest BCUT2D eigenvalue weighted by Gasteiger charge is -2.23. The number of rotatable bonds is 6. The molecule has 0 aromatic heterocycles. The predicted octanol–water partition coefficient (Wildman–Crippen LogP) is 3.30. The minimum atomic E-state index is -1.10. The number of carbonyl (C=O) groups is 4. The van der Waals surface area contributed by atoms with Crippen molar-refractivity contribution >= 4 is 36.0 Å². The molecule has 2 aromatic carbocycles. The molecule has 0 radical (unpaired) electrons. The van der Waals surface area contributed by atoms with Crippen LogP contribution in [-0.4, -0.2) is 36.3 Å². The Kier molecular flexibility index (Phi) is 5.62. The average Bonchev–Trinajstić information content (AvgIpc) is 2.62. The first kappa shape index (κ1) is 17.9. The van der Waals surface area contributed by atoms with Gasteiger partial charge in [0.05, 0.1) is 23.5 Å². The largest absolute Gasteiger partial charge is 0.478 e. The molecule has 25 heavy (non-hydrogen) atoms. The van der Waals surface area contributed by atoms with E-state index in [9.17, 15) is 19.2 Å². The maximum atomic E-state index is 12.4. The van der Waals surface area contributed by atoms with E-state index in [0.717, 1.165) is 4.90 Å². The molecule has 1 N–H and O–H groups in total. The Balaban J connectivity index is 2.57. The molecule has 128 valence electrons. The molecule has 0 aliphatic heterocycles. The smallest absolute Gasteiger partial charge is 0.418 e. The van der Waals surface area contributed by atoms with Gasteiger partial charge in [-0.1, -0.05) is 0 Å². The summed E-state index contributed by atoms with van der Waals surface area (Å²) in [5, 5.41) is 8.98. The van der Waals surface area contributed by atoms with E-state index >= 15 is 0 Å². The van der Waals surface area contributed by atoms with Crippen LogP contribution in [0.1, 0.15) is 38.0 Å². The van der Waals surface area contributed by atoms with Gasteiger partial charge in [0.1, 0.15) is 6.29 Å². The molecule has 0 saturated heterocycles. The molecule has 2 aromatic rings. The quantitative estimate of drug-likeness (QED) is 0.809. The maximum absolute atomic E-state index is 12.4. The highest BCUT2D eigenvalue weighted by Gasteiger charge is 2.22. The van der Waals surface area contributed by atoms with Crippen LogP contribution in [0.5, 0.6) is 0 Å². The van der Waals surface area contributed by atoms with E-state index in [2.05, 4.69) is 0 Å². The second-order valence-electron chi connectivity index (χ2n) is 4.94. The van der Waals surface area contributed by atoms with Crippen LogP contribution in [-0.2, 0) is 4.74 Å². The van der Waals surface area contributed by atoms with Crippen molar-refractivity contribution < 1.29 is 29.0 Å². The van der Waals surface area contributed by atoms with Gasteiger partial charge in [0.15, 0.2) is 6.29 Å². The zero-order chi connectivity index (χ0) is 18.4. The van der Waals surface area contributed by atoms with Crippen LogP contribution < -0.4 is 4.90 Å². The Morgan fingerprint density at radius 3 is 2.28 bits per heavy atom. The van der Waals surface area contributed by atoms with Gasteiger partial charge in [-0.3, -0.25) is 9.59 Å². The highest BCUT2D eigenvalue weighted by Crippen LogP contribution is 2.30. The van der Waals surface area contributed by atoms with E-state index in [1.54, 1.807) is 6.92 Å². The molecule has 7 nitrogen and oxygen atoms in total. The molecule has 7 heteroatoms. The van der Waals surface area contributed by atoms with Crippen LogP contribution in [0, 0.1) is 0 Å². The maximum Gasteiger partial charge on any atom is 0.418 e. The first-order valence-corrected chi connectivity index (χ1v) is 7.36. The molecule has 0 aliphatic rings. The van der Waals surface area contributed by atoms with Crippen LogP contribution in [0.3, 0.4) is 0 Å². The van der Waals surface area contributed by atoms with Gasteiger partial charge in [-0.15, -0.1) is 0 Å². The highest BCUT2D eigenvalue weighted by atomic mass is 16.6. The number of aromatic carboxylic acids is 1. The molecule has 0 heterocycles. The second kappa shape index (κ2) is 7.87. The number of nitrogens with zero attached hydrogens (tertiary/aromatic N) is 1. The van der Waals surface area contributed by atoms with Gasteiger partial charge in [-0.25, -0.2) is 14.5 Å². The minimum absolute atomic E-state index is 0.0551. The van der Waals surface area contributed by atoms with Crippen molar-refractivity contribution in [1.82, 2.24) is 0 Å². The van der Waals surface area contributed by atoms with E-state index < -0.39 is 12.1 Å². The van der Waals surface area contributed by atoms with Gasteiger partial charge in [-0.05, 0) is 49.4 Å². The summed E-state index contributed by atoms with van der Waals surface area (Å²) in [7, 11) is 0. The Morgan fingerprint density at radius 1 is 1.08 bits per heavy atom. The lowest BCUT2D eigenvalue weighted by Crippen LogP contribution is -2.27. The van der Waals surface area contributed by atoms with Crippen LogP contribution in [0.4, 0.5) is 16.2 Å². The molecule has 0 saturated carbocycles. The van der Waals surface area contributed by atoms with E-state index in [4.69, 9.17) is 9.84 Å². The van der Waals surface area contributed by atoms with Crippen LogP contribution in [0.25, 0.3) is 0 Å². The number of hydrogen-bond donors (Lipinski definition) is 1. The zero-order valence-corrected chi connectivity index (χ0v) is 13.3. The van der Waals surface area contributed by atoms with Gasteiger partial charge in [0.25, 0.3) is 0 Å². The van der Waals surface area contributed by atoms with E-state index in [-0.39, 0.29) is 29.0 Å². The summed E-state index contributed by atoms with van der Waals surface area (Å²) in [6, 6.07) is 9.82. The van der Waals surface area contributed by atoms with E-state index in [1.807, 2.05) is 0 Å². The van der Waals surface area contributed by atoms with Gasteiger partial charge >= 0.3 is 12.1 Å². The number of benzene rings is 2. The predicted molar refractivity (Wildman–Crippen MR) is 89.8 cm³/mol. The first-order chi connectivity index (χ1) is 12.0. The summed E-state index contributed by atoms with van der Waals surface area (Å²) < 4.78 is 5.03. The number of aldehydes is 2. The molecular formula is C18H15NO6. The van der Waals surface area contributed by atoms with Gasteiger partial charge in [0.2, 0.25) is 0 Å². The number of ether oxygens (including phenoxy) is 1. The van der Waals surface area contributed by atoms with Gasteiger partial charge in [-0.2, -0.15) is 0 Å². The van der Waals surface area contributed by atoms with Crippen molar-refractivity contribution in [2.75, 3.05) is 11.5 Å². The van der Waals surface area contributed by atoms with Crippen LogP contribution in [0.2, 0.25) is 0 Å². The summed E-state index contributed by atoms with van der Waals surface area (Å²) in [5.41, 5.74) is 1.02. The number of carboxylic acid groups (broad SMARTS) is 1. The van der Waals surface area contributed by atoms with Crippen LogP contribution in [0.15, 0.2) is 42.5 Å². The van der Waals surface area contributed by atoms with E-state index in [0.29, 0.717) is 18.3 Å². The molecule has 0 atom stereocenters. The summed E-state index contributed by atoms with van der Waals surface area (Å²) in [6.07, 6.45) is 0.389. The molecule has 0 unspecified atom stereocenters. The topological polar surface area (TPSA) is 101 Å². The molecule has 0 bridgehead atoms. The Morgan fingerprint density at radius 2 is 1.76 bits per heavy atom. The average molecular weight is 341 g/mol. The Labute approximate surface area is 143 Å². The first-order valence-electron chi connectivity index (χ1n) is 7.36. The van der Waals surface area contributed by atoms with Crippen molar-refractivity contribution in [1.29, 1.82) is 0 Å². The number of hydrogen-bond acceptors (Lipinski definition) is 5. The molecular weight excluding hydrogens is 326 g/mol. The standard InChI is InChI=1S/C18H15NO6/c1-2-25-18(24)19(15-6-4-13(5-7-15)17(22)23)16-8-3-12(10-20)9-14(16)11-21/h3-11H,2H2,1H3,(H,22,23). The number of amides is 1. The van der Waals surface area contributed by atoms with Crippen molar-refractivity contribution in [3.63, 3.8) is 0 Å². The minimum Gasteiger partial charge on any atom is -0.478 e. The van der Waals surface area contributed by atoms with E-state index in [1.165, 1.54) is 42.5 Å². The number of carboxylic acids is 1. The molecule has 0 fully saturated rings. The monoisotopic (exact) mass is 341 g/mol. The lowest BCUT2D eigenvalue weighted by atomic mass is 10.1. The third-order valence-corrected chi connectivity index (χ3v) is 3.38. The van der Waals surface area contributed by atoms with Gasteiger partial charge < -0.3 is 9.84 Å². The summed E-state index contributed by atoms with van der Waals surface area (Å²) in [6.45, 7) is 1.76. The third kappa shape index (κ3) is 3.89. The normalized spacial score (nSPS) is 9.96. The second-order valence-corrected chi connectivity index (χ2v) is 4.94. The number of carbonyl (C=O) groups excluding carboxylic acids is 3. The molecule has 0 aliphatic carbocycles. The Hall–Kier alpha value is -3.48. The van der Waals surface area contributed by atoms with Crippen molar-refractivity contribution in [3.8, 4) is 0 Å². The molecule has 1 amide bonds. The summed E-state index contributed by atoms with van der Waals surface area (Å²) >= 11 is 0. The number of anilines is 2. The van der Waals surface area contributed by atoms with Crippen molar-refractivity contribution in [2.45, 2.75) is 6.92 Å². The summed E-state index contributed by atoms with van der Waals surface area (Å²) in [4.78, 5) is 46.8. The fraction of sp³-hybridized carbons (Fsp3) is 0.111. The lowest BCUT2D eigenvalue weighted by molar-refractivity contribution is 0.0696. The zero-order valence-electron chi connectivity index (χ0n) is 13.3. The molecule has 2 rings (SSSR count). The highest BCUT2D eigenvalue weighted by molar-refractivity contribution is 6.02. The van der Waals surface area contributed by atoms with Crippen molar-refractivity contribution in [2.24, 2.45) is 0 Å². The van der Waals surface area contributed by atoms with Crippen LogP contribution >= 0.6 is 0 Å².